The third-order valence-corrected chi connectivity index (χ3v) is 5.17. The quantitative estimate of drug-likeness (QED) is 0.186. The van der Waals surface area contributed by atoms with Crippen molar-refractivity contribution in [3.05, 3.63) is 69.3 Å². The van der Waals surface area contributed by atoms with Crippen molar-refractivity contribution in [1.82, 2.24) is 5.32 Å². The number of carbonyl (C=O) groups is 4. The zero-order chi connectivity index (χ0) is 27.8. The molecule has 37 heavy (non-hydrogen) atoms. The summed E-state index contributed by atoms with van der Waals surface area (Å²) in [4.78, 5) is 50.7. The van der Waals surface area contributed by atoms with Crippen LogP contribution in [0.1, 0.15) is 58.8 Å². The molecule has 1 N–H and O–H groups in total. The van der Waals surface area contributed by atoms with E-state index in [0.717, 1.165) is 3.57 Å². The largest absolute Gasteiger partial charge is 0.517 e. The highest BCUT2D eigenvalue weighted by Crippen LogP contribution is 2.23. The molecule has 1 amide bonds. The Balaban J connectivity index is 2.19. The van der Waals surface area contributed by atoms with Crippen LogP contribution in [0.15, 0.2) is 54.6 Å². The molecule has 0 aliphatic carbocycles. The highest BCUT2D eigenvalue weighted by molar-refractivity contribution is 14.1. The summed E-state index contributed by atoms with van der Waals surface area (Å²) < 4.78 is 21.7. The summed E-state index contributed by atoms with van der Waals surface area (Å²) in [6.45, 7) is 10.1. The molecule has 2 aromatic rings. The molecule has 0 spiro atoms. The zero-order valence-electron chi connectivity index (χ0n) is 21.7. The van der Waals surface area contributed by atoms with Gasteiger partial charge in [-0.1, -0.05) is 42.5 Å². The van der Waals surface area contributed by atoms with Crippen molar-refractivity contribution in [2.24, 2.45) is 0 Å². The molecule has 200 valence electrons. The van der Waals surface area contributed by atoms with Gasteiger partial charge in [-0.3, -0.25) is 0 Å². The van der Waals surface area contributed by atoms with Crippen LogP contribution in [-0.4, -0.2) is 41.4 Å². The van der Waals surface area contributed by atoms with Crippen molar-refractivity contribution in [1.29, 1.82) is 0 Å². The number of halogens is 1. The number of nitrogens with one attached hydrogen (secondary N) is 1. The highest BCUT2D eigenvalue weighted by atomic mass is 127. The number of hydrogen-bond donors (Lipinski definition) is 1. The predicted molar refractivity (Wildman–Crippen MR) is 144 cm³/mol. The van der Waals surface area contributed by atoms with E-state index in [0.29, 0.717) is 11.1 Å². The molecule has 0 aromatic heterocycles. The lowest BCUT2D eigenvalue weighted by atomic mass is 10.1. The predicted octanol–water partition coefficient (Wildman–Crippen LogP) is 5.49. The Kier molecular flexibility index (Phi) is 10.5. The number of amides is 1. The Morgan fingerprint density at radius 2 is 1.38 bits per heavy atom. The second-order valence-corrected chi connectivity index (χ2v) is 11.4. The first kappa shape index (κ1) is 30.1. The summed E-state index contributed by atoms with van der Waals surface area (Å²) >= 11 is 2.14. The molecular formula is C27H32INO8. The summed E-state index contributed by atoms with van der Waals surface area (Å²) in [5.41, 5.74) is -0.606. The van der Waals surface area contributed by atoms with Crippen molar-refractivity contribution >= 4 is 46.8 Å². The number of alkyl carbamates (subject to hydrolysis) is 1. The first-order valence-corrected chi connectivity index (χ1v) is 12.6. The van der Waals surface area contributed by atoms with Crippen molar-refractivity contribution < 1.29 is 38.1 Å². The molecule has 0 aliphatic rings. The number of esters is 2. The lowest BCUT2D eigenvalue weighted by molar-refractivity contribution is -0.168. The van der Waals surface area contributed by atoms with Crippen molar-refractivity contribution in [3.63, 3.8) is 0 Å². The summed E-state index contributed by atoms with van der Waals surface area (Å²) in [6, 6.07) is 14.2. The topological polar surface area (TPSA) is 117 Å². The van der Waals surface area contributed by atoms with E-state index in [2.05, 4.69) is 27.9 Å². The van der Waals surface area contributed by atoms with Gasteiger partial charge in [0.2, 0.25) is 6.10 Å². The van der Waals surface area contributed by atoms with E-state index in [1.54, 1.807) is 84.0 Å². The summed E-state index contributed by atoms with van der Waals surface area (Å²) in [7, 11) is 0. The van der Waals surface area contributed by atoms with Gasteiger partial charge in [-0.2, -0.15) is 0 Å². The Morgan fingerprint density at radius 1 is 0.811 bits per heavy atom. The Bertz CT molecular complexity index is 1090. The molecule has 0 bridgehead atoms. The SMILES string of the molecule is CC(C)(C)OC(=O)N[C@@H](Cc1ccc(I)cc1)C(=O)OC(=O)OC(C(=O)OC(C)(C)C)c1ccccc1. The first-order chi connectivity index (χ1) is 17.1. The minimum Gasteiger partial charge on any atom is -0.457 e. The van der Waals surface area contributed by atoms with Gasteiger partial charge in [0, 0.05) is 15.6 Å². The van der Waals surface area contributed by atoms with Crippen LogP contribution in [0.4, 0.5) is 9.59 Å². The van der Waals surface area contributed by atoms with Crippen LogP contribution in [-0.2, 0) is 35.0 Å². The van der Waals surface area contributed by atoms with Gasteiger partial charge in [-0.05, 0) is 81.8 Å². The second-order valence-electron chi connectivity index (χ2n) is 10.1. The van der Waals surface area contributed by atoms with Gasteiger partial charge in [0.15, 0.2) is 0 Å². The maximum atomic E-state index is 12.9. The van der Waals surface area contributed by atoms with Gasteiger partial charge in [0.1, 0.15) is 17.2 Å². The molecular weight excluding hydrogens is 593 g/mol. The monoisotopic (exact) mass is 625 g/mol. The lowest BCUT2D eigenvalue weighted by Gasteiger charge is -2.24. The van der Waals surface area contributed by atoms with Crippen LogP contribution in [0.2, 0.25) is 0 Å². The molecule has 9 nitrogen and oxygen atoms in total. The van der Waals surface area contributed by atoms with Crippen LogP contribution in [0, 0.1) is 3.57 Å². The summed E-state index contributed by atoms with van der Waals surface area (Å²) in [5, 5.41) is 2.44. The fourth-order valence-electron chi connectivity index (χ4n) is 3.01. The van der Waals surface area contributed by atoms with Crippen LogP contribution in [0.5, 0.6) is 0 Å². The van der Waals surface area contributed by atoms with E-state index in [4.69, 9.17) is 18.9 Å². The minimum absolute atomic E-state index is 0.0243. The molecule has 10 heteroatoms. The second kappa shape index (κ2) is 12.9. The average molecular weight is 625 g/mol. The van der Waals surface area contributed by atoms with E-state index >= 15 is 0 Å². The third kappa shape index (κ3) is 11.2. The van der Waals surface area contributed by atoms with E-state index in [1.807, 2.05) is 12.1 Å². The molecule has 2 aromatic carbocycles. The zero-order valence-corrected chi connectivity index (χ0v) is 23.9. The van der Waals surface area contributed by atoms with Gasteiger partial charge < -0.3 is 24.3 Å². The molecule has 1 unspecified atom stereocenters. The lowest BCUT2D eigenvalue weighted by Crippen LogP contribution is -2.46. The Morgan fingerprint density at radius 3 is 1.92 bits per heavy atom. The number of hydrogen-bond acceptors (Lipinski definition) is 8. The number of rotatable bonds is 7. The van der Waals surface area contributed by atoms with Gasteiger partial charge in [-0.25, -0.2) is 19.2 Å². The van der Waals surface area contributed by atoms with Crippen LogP contribution in [0.25, 0.3) is 0 Å². The van der Waals surface area contributed by atoms with Gasteiger partial charge in [0.05, 0.1) is 0 Å². The fourth-order valence-corrected chi connectivity index (χ4v) is 3.37. The van der Waals surface area contributed by atoms with E-state index in [1.165, 1.54) is 0 Å². The molecule has 0 saturated carbocycles. The van der Waals surface area contributed by atoms with Crippen LogP contribution in [0.3, 0.4) is 0 Å². The molecule has 0 fully saturated rings. The maximum Gasteiger partial charge on any atom is 0.517 e. The van der Waals surface area contributed by atoms with Gasteiger partial charge >= 0.3 is 24.2 Å². The summed E-state index contributed by atoms with van der Waals surface area (Å²) in [6.07, 6.45) is -3.71. The Labute approximate surface area is 230 Å². The first-order valence-electron chi connectivity index (χ1n) is 11.6. The third-order valence-electron chi connectivity index (χ3n) is 4.45. The van der Waals surface area contributed by atoms with Crippen LogP contribution < -0.4 is 5.32 Å². The average Bonchev–Trinajstić information content (AvgIpc) is 2.76. The maximum absolute atomic E-state index is 12.9. The van der Waals surface area contributed by atoms with Crippen molar-refractivity contribution in [2.75, 3.05) is 0 Å². The molecule has 0 heterocycles. The highest BCUT2D eigenvalue weighted by Gasteiger charge is 2.33. The van der Waals surface area contributed by atoms with Gasteiger partial charge in [0.25, 0.3) is 0 Å². The number of benzene rings is 2. The van der Waals surface area contributed by atoms with E-state index in [9.17, 15) is 19.2 Å². The van der Waals surface area contributed by atoms with Crippen LogP contribution >= 0.6 is 22.6 Å². The summed E-state index contributed by atoms with van der Waals surface area (Å²) in [5.74, 6) is -1.91. The smallest absolute Gasteiger partial charge is 0.457 e. The van der Waals surface area contributed by atoms with Crippen molar-refractivity contribution in [3.8, 4) is 0 Å². The molecule has 2 atom stereocenters. The van der Waals surface area contributed by atoms with Gasteiger partial charge in [-0.15, -0.1) is 0 Å². The molecule has 0 aliphatic heterocycles. The normalized spacial score (nSPS) is 13.1. The van der Waals surface area contributed by atoms with E-state index in [-0.39, 0.29) is 6.42 Å². The molecule has 0 radical (unpaired) electrons. The standard InChI is InChI=1S/C27H32INO8/c1-26(2,3)36-23(31)21(18-10-8-7-9-11-18)34-25(33)35-22(30)20(29-24(32)37-27(4,5)6)16-17-12-14-19(28)15-13-17/h7-15,20-21H,16H2,1-6H3,(H,29,32)/t20-,21?/m0/s1. The minimum atomic E-state index is -1.46. The fraction of sp³-hybridized carbons (Fsp3) is 0.407. The molecule has 2 rings (SSSR count). The van der Waals surface area contributed by atoms with Crippen molar-refractivity contribution in [2.45, 2.75) is 71.3 Å². The Hall–Kier alpha value is -3.15. The number of carbonyl (C=O) groups excluding carboxylic acids is 4. The number of ether oxygens (including phenoxy) is 4. The molecule has 0 saturated heterocycles. The van der Waals surface area contributed by atoms with E-state index < -0.39 is 47.5 Å².